The molecule has 1 fully saturated rings. The summed E-state index contributed by atoms with van der Waals surface area (Å²) in [6.07, 6.45) is 0.931. The largest absolute Gasteiger partial charge is 0.296 e. The van der Waals surface area contributed by atoms with E-state index in [1.807, 2.05) is 0 Å². The maximum absolute atomic E-state index is 12.2. The molecular formula is C9H11F2N3O. The molecule has 82 valence electrons. The number of alkyl halides is 2. The first-order valence-electron chi connectivity index (χ1n) is 4.86. The van der Waals surface area contributed by atoms with E-state index in [-0.39, 0.29) is 5.69 Å². The zero-order valence-electron chi connectivity index (χ0n) is 8.07. The van der Waals surface area contributed by atoms with Crippen molar-refractivity contribution in [1.29, 1.82) is 0 Å². The fourth-order valence-electron chi connectivity index (χ4n) is 1.52. The fourth-order valence-corrected chi connectivity index (χ4v) is 1.52. The van der Waals surface area contributed by atoms with E-state index in [0.717, 1.165) is 17.5 Å². The Hall–Kier alpha value is -1.33. The van der Waals surface area contributed by atoms with Gasteiger partial charge in [0.05, 0.1) is 5.69 Å². The Morgan fingerprint density at radius 2 is 2.27 bits per heavy atom. The molecule has 0 bridgehead atoms. The van der Waals surface area contributed by atoms with Crippen molar-refractivity contribution in [3.05, 3.63) is 11.4 Å². The first-order chi connectivity index (χ1) is 7.20. The number of nitrogens with zero attached hydrogens (tertiary/aromatic N) is 3. The van der Waals surface area contributed by atoms with Gasteiger partial charge in [-0.3, -0.25) is 4.79 Å². The second-order valence-corrected chi connectivity index (χ2v) is 3.76. The van der Waals surface area contributed by atoms with Crippen LogP contribution in [0.5, 0.6) is 0 Å². The van der Waals surface area contributed by atoms with Gasteiger partial charge in [0.25, 0.3) is 6.43 Å². The lowest BCUT2D eigenvalue weighted by Gasteiger charge is -2.04. The van der Waals surface area contributed by atoms with E-state index in [1.54, 1.807) is 0 Å². The molecule has 1 aliphatic rings. The minimum Gasteiger partial charge on any atom is -0.296 e. The minimum absolute atomic E-state index is 0.197. The highest BCUT2D eigenvalue weighted by Gasteiger charge is 2.26. The average Bonchev–Trinajstić information content (AvgIpc) is 2.91. The smallest absolute Gasteiger partial charge is 0.257 e. The third kappa shape index (κ3) is 2.37. The number of aromatic nitrogens is 3. The highest BCUT2D eigenvalue weighted by atomic mass is 19.3. The molecule has 0 spiro atoms. The molecule has 0 radical (unpaired) electrons. The molecule has 0 amide bonds. The zero-order chi connectivity index (χ0) is 10.8. The van der Waals surface area contributed by atoms with Gasteiger partial charge in [-0.2, -0.15) is 0 Å². The van der Waals surface area contributed by atoms with E-state index in [0.29, 0.717) is 24.3 Å². The Kier molecular flexibility index (Phi) is 2.75. The number of hydrogen-bond acceptors (Lipinski definition) is 3. The summed E-state index contributed by atoms with van der Waals surface area (Å²) < 4.78 is 25.5. The normalized spacial score (nSPS) is 15.9. The van der Waals surface area contributed by atoms with E-state index >= 15 is 0 Å². The Morgan fingerprint density at radius 1 is 1.53 bits per heavy atom. The lowest BCUT2D eigenvalue weighted by molar-refractivity contribution is 0.111. The summed E-state index contributed by atoms with van der Waals surface area (Å²) in [6.45, 7) is -0.483. The van der Waals surface area contributed by atoms with E-state index in [9.17, 15) is 13.6 Å². The van der Waals surface area contributed by atoms with Crippen molar-refractivity contribution in [3.63, 3.8) is 0 Å². The van der Waals surface area contributed by atoms with Gasteiger partial charge in [0.1, 0.15) is 12.2 Å². The Labute approximate surface area is 85.3 Å². The molecule has 6 heteroatoms. The van der Waals surface area contributed by atoms with Crippen molar-refractivity contribution in [2.24, 2.45) is 5.92 Å². The topological polar surface area (TPSA) is 47.8 Å². The average molecular weight is 215 g/mol. The van der Waals surface area contributed by atoms with Crippen LogP contribution in [0.4, 0.5) is 8.78 Å². The molecule has 0 atom stereocenters. The van der Waals surface area contributed by atoms with Crippen LogP contribution in [0.25, 0.3) is 0 Å². The molecule has 1 saturated carbocycles. The standard InChI is InChI=1S/C9H11F2N3O/c10-9(11)4-14-8(3-6-1-2-6)7(5-15)12-13-14/h5-6,9H,1-4H2. The van der Waals surface area contributed by atoms with Crippen LogP contribution in [0, 0.1) is 5.92 Å². The lowest BCUT2D eigenvalue weighted by atomic mass is 10.2. The van der Waals surface area contributed by atoms with Gasteiger partial charge >= 0.3 is 0 Å². The van der Waals surface area contributed by atoms with Crippen LogP contribution in [0.1, 0.15) is 29.0 Å². The predicted octanol–water partition coefficient (Wildman–Crippen LogP) is 1.31. The highest BCUT2D eigenvalue weighted by Crippen LogP contribution is 2.33. The number of halogens is 2. The number of carbonyl (C=O) groups excluding carboxylic acids is 1. The molecule has 4 nitrogen and oxygen atoms in total. The van der Waals surface area contributed by atoms with Gasteiger partial charge in [-0.25, -0.2) is 13.5 Å². The van der Waals surface area contributed by atoms with Gasteiger partial charge in [-0.15, -0.1) is 5.10 Å². The minimum atomic E-state index is -2.47. The molecule has 0 saturated heterocycles. The molecule has 1 aliphatic carbocycles. The van der Waals surface area contributed by atoms with Crippen LogP contribution in [-0.4, -0.2) is 27.7 Å². The van der Waals surface area contributed by atoms with Crippen molar-refractivity contribution in [2.75, 3.05) is 0 Å². The number of carbonyl (C=O) groups is 1. The molecule has 0 unspecified atom stereocenters. The first-order valence-corrected chi connectivity index (χ1v) is 4.86. The summed E-state index contributed by atoms with van der Waals surface area (Å²) in [7, 11) is 0. The first kappa shape index (κ1) is 10.2. The Morgan fingerprint density at radius 3 is 2.80 bits per heavy atom. The van der Waals surface area contributed by atoms with Crippen molar-refractivity contribution in [2.45, 2.75) is 32.2 Å². The van der Waals surface area contributed by atoms with Crippen LogP contribution < -0.4 is 0 Å². The third-order valence-electron chi connectivity index (χ3n) is 2.47. The summed E-state index contributed by atoms with van der Waals surface area (Å²) in [5, 5.41) is 7.14. The van der Waals surface area contributed by atoms with E-state index in [1.165, 1.54) is 0 Å². The van der Waals surface area contributed by atoms with E-state index in [4.69, 9.17) is 0 Å². The monoisotopic (exact) mass is 215 g/mol. The van der Waals surface area contributed by atoms with E-state index in [2.05, 4.69) is 10.3 Å². The van der Waals surface area contributed by atoms with Crippen molar-refractivity contribution < 1.29 is 13.6 Å². The number of rotatable bonds is 5. The second-order valence-electron chi connectivity index (χ2n) is 3.76. The molecule has 2 rings (SSSR count). The van der Waals surface area contributed by atoms with Gasteiger partial charge in [-0.05, 0) is 25.2 Å². The molecule has 0 N–H and O–H groups in total. The quantitative estimate of drug-likeness (QED) is 0.696. The van der Waals surface area contributed by atoms with Gasteiger partial charge in [-0.1, -0.05) is 5.21 Å². The lowest BCUT2D eigenvalue weighted by Crippen LogP contribution is -2.12. The molecule has 0 aliphatic heterocycles. The predicted molar refractivity (Wildman–Crippen MR) is 47.8 cm³/mol. The van der Waals surface area contributed by atoms with Gasteiger partial charge in [0.2, 0.25) is 0 Å². The van der Waals surface area contributed by atoms with Crippen LogP contribution in [0.15, 0.2) is 0 Å². The summed E-state index contributed by atoms with van der Waals surface area (Å²) in [5.41, 5.74) is 0.746. The summed E-state index contributed by atoms with van der Waals surface area (Å²) in [4.78, 5) is 10.6. The summed E-state index contributed by atoms with van der Waals surface area (Å²) in [6, 6.07) is 0. The molecule has 1 heterocycles. The van der Waals surface area contributed by atoms with Gasteiger partial charge in [0.15, 0.2) is 6.29 Å². The SMILES string of the molecule is O=Cc1nnn(CC(F)F)c1CC1CC1. The second kappa shape index (κ2) is 4.04. The van der Waals surface area contributed by atoms with Crippen molar-refractivity contribution >= 4 is 6.29 Å². The third-order valence-corrected chi connectivity index (χ3v) is 2.47. The maximum atomic E-state index is 12.2. The Balaban J connectivity index is 2.19. The van der Waals surface area contributed by atoms with Crippen LogP contribution >= 0.6 is 0 Å². The summed E-state index contributed by atoms with van der Waals surface area (Å²) >= 11 is 0. The molecule has 15 heavy (non-hydrogen) atoms. The van der Waals surface area contributed by atoms with Crippen molar-refractivity contribution in [3.8, 4) is 0 Å². The number of aldehydes is 1. The van der Waals surface area contributed by atoms with Gasteiger partial charge < -0.3 is 0 Å². The van der Waals surface area contributed by atoms with Crippen LogP contribution in [-0.2, 0) is 13.0 Å². The fraction of sp³-hybridized carbons (Fsp3) is 0.667. The number of hydrogen-bond donors (Lipinski definition) is 0. The van der Waals surface area contributed by atoms with Gasteiger partial charge in [0, 0.05) is 0 Å². The molecular weight excluding hydrogens is 204 g/mol. The molecule has 1 aromatic rings. The zero-order valence-corrected chi connectivity index (χ0v) is 8.07. The van der Waals surface area contributed by atoms with Crippen LogP contribution in [0.2, 0.25) is 0 Å². The molecule has 1 aromatic heterocycles. The molecule has 0 aromatic carbocycles. The maximum Gasteiger partial charge on any atom is 0.257 e. The van der Waals surface area contributed by atoms with Crippen LogP contribution in [0.3, 0.4) is 0 Å². The summed E-state index contributed by atoms with van der Waals surface area (Å²) in [5.74, 6) is 0.513. The highest BCUT2D eigenvalue weighted by molar-refractivity contribution is 5.73. The Bertz CT molecular complexity index is 360. The van der Waals surface area contributed by atoms with E-state index < -0.39 is 13.0 Å². The van der Waals surface area contributed by atoms with Crippen molar-refractivity contribution in [1.82, 2.24) is 15.0 Å².